The highest BCUT2D eigenvalue weighted by Crippen LogP contribution is 2.21. The maximum atomic E-state index is 13.3. The van der Waals surface area contributed by atoms with Gasteiger partial charge in [0.05, 0.1) is 12.0 Å². The van der Waals surface area contributed by atoms with Gasteiger partial charge in [0, 0.05) is 30.7 Å². The fraction of sp³-hybridized carbons (Fsp3) is 0.429. The van der Waals surface area contributed by atoms with Crippen molar-refractivity contribution in [2.75, 3.05) is 19.3 Å². The molecule has 0 aliphatic carbocycles. The summed E-state index contributed by atoms with van der Waals surface area (Å²) < 4.78 is 13.3. The Bertz CT molecular complexity index is 473. The van der Waals surface area contributed by atoms with E-state index in [2.05, 4.69) is 6.07 Å². The highest BCUT2D eigenvalue weighted by Gasteiger charge is 2.12. The van der Waals surface area contributed by atoms with E-state index in [0.29, 0.717) is 23.6 Å². The standard InChI is InChI=1S/C14H17FN2OS/c1-11(9-16)10-17(2)14(18)7-8-19-13-6-4-3-5-12(13)15/h3-6,11H,7-8,10H2,1-2H3/t11-/m0/s1. The van der Waals surface area contributed by atoms with E-state index < -0.39 is 0 Å². The fourth-order valence-corrected chi connectivity index (χ4v) is 2.43. The number of hydrogen-bond donors (Lipinski definition) is 0. The van der Waals surface area contributed by atoms with Gasteiger partial charge >= 0.3 is 0 Å². The summed E-state index contributed by atoms with van der Waals surface area (Å²) in [5.41, 5.74) is 0. The molecule has 0 aliphatic heterocycles. The SMILES string of the molecule is C[C@@H](C#N)CN(C)C(=O)CCSc1ccccc1F. The van der Waals surface area contributed by atoms with E-state index in [1.807, 2.05) is 0 Å². The summed E-state index contributed by atoms with van der Waals surface area (Å²) in [5, 5.41) is 8.69. The second kappa shape index (κ2) is 7.80. The van der Waals surface area contributed by atoms with Crippen LogP contribution in [0, 0.1) is 23.1 Å². The quantitative estimate of drug-likeness (QED) is 0.753. The zero-order valence-electron chi connectivity index (χ0n) is 11.1. The first-order valence-electron chi connectivity index (χ1n) is 6.05. The summed E-state index contributed by atoms with van der Waals surface area (Å²) in [6.45, 7) is 2.21. The molecule has 0 saturated heterocycles. The Kier molecular flexibility index (Phi) is 6.37. The van der Waals surface area contributed by atoms with E-state index >= 15 is 0 Å². The molecule has 0 saturated carbocycles. The molecule has 19 heavy (non-hydrogen) atoms. The van der Waals surface area contributed by atoms with E-state index in [1.54, 1.807) is 37.1 Å². The molecule has 102 valence electrons. The number of thioether (sulfide) groups is 1. The first kappa shape index (κ1) is 15.5. The number of halogens is 1. The number of carbonyl (C=O) groups excluding carboxylic acids is 1. The number of benzene rings is 1. The van der Waals surface area contributed by atoms with Crippen LogP contribution in [0.1, 0.15) is 13.3 Å². The Labute approximate surface area is 117 Å². The van der Waals surface area contributed by atoms with Crippen molar-refractivity contribution in [3.63, 3.8) is 0 Å². The molecule has 1 rings (SSSR count). The number of hydrogen-bond acceptors (Lipinski definition) is 3. The van der Waals surface area contributed by atoms with Crippen LogP contribution in [-0.4, -0.2) is 30.2 Å². The van der Waals surface area contributed by atoms with Crippen molar-refractivity contribution in [1.82, 2.24) is 4.90 Å². The Morgan fingerprint density at radius 3 is 2.84 bits per heavy atom. The van der Waals surface area contributed by atoms with Gasteiger partial charge in [-0.2, -0.15) is 5.26 Å². The van der Waals surface area contributed by atoms with E-state index in [1.165, 1.54) is 17.8 Å². The van der Waals surface area contributed by atoms with Crippen molar-refractivity contribution in [3.8, 4) is 6.07 Å². The highest BCUT2D eigenvalue weighted by molar-refractivity contribution is 7.99. The number of amides is 1. The predicted molar refractivity (Wildman–Crippen MR) is 74.2 cm³/mol. The molecule has 0 aliphatic rings. The van der Waals surface area contributed by atoms with Crippen LogP contribution in [0.2, 0.25) is 0 Å². The Morgan fingerprint density at radius 1 is 1.53 bits per heavy atom. The molecule has 0 unspecified atom stereocenters. The largest absolute Gasteiger partial charge is 0.344 e. The van der Waals surface area contributed by atoms with Gasteiger partial charge < -0.3 is 4.90 Å². The van der Waals surface area contributed by atoms with Crippen LogP contribution in [0.25, 0.3) is 0 Å². The van der Waals surface area contributed by atoms with Crippen molar-refractivity contribution in [1.29, 1.82) is 5.26 Å². The number of nitrogens with zero attached hydrogens (tertiary/aromatic N) is 2. The lowest BCUT2D eigenvalue weighted by Gasteiger charge is -2.18. The summed E-state index contributed by atoms with van der Waals surface area (Å²) in [6, 6.07) is 8.61. The van der Waals surface area contributed by atoms with Gasteiger partial charge in [-0.1, -0.05) is 12.1 Å². The first-order valence-corrected chi connectivity index (χ1v) is 7.04. The molecule has 0 spiro atoms. The normalized spacial score (nSPS) is 11.7. The average molecular weight is 280 g/mol. The molecule has 5 heteroatoms. The molecule has 1 atom stereocenters. The van der Waals surface area contributed by atoms with Crippen molar-refractivity contribution < 1.29 is 9.18 Å². The monoisotopic (exact) mass is 280 g/mol. The maximum absolute atomic E-state index is 13.3. The third-order valence-corrected chi connectivity index (χ3v) is 3.65. The minimum absolute atomic E-state index is 0.0223. The minimum atomic E-state index is -0.258. The molecular weight excluding hydrogens is 263 g/mol. The first-order chi connectivity index (χ1) is 9.04. The molecule has 0 N–H and O–H groups in total. The van der Waals surface area contributed by atoms with E-state index in [4.69, 9.17) is 5.26 Å². The van der Waals surface area contributed by atoms with Crippen LogP contribution in [-0.2, 0) is 4.79 Å². The molecule has 1 amide bonds. The smallest absolute Gasteiger partial charge is 0.223 e. The molecule has 3 nitrogen and oxygen atoms in total. The van der Waals surface area contributed by atoms with E-state index in [9.17, 15) is 9.18 Å². The highest BCUT2D eigenvalue weighted by atomic mass is 32.2. The fourth-order valence-electron chi connectivity index (χ4n) is 1.55. The lowest BCUT2D eigenvalue weighted by molar-refractivity contribution is -0.129. The maximum Gasteiger partial charge on any atom is 0.223 e. The lowest BCUT2D eigenvalue weighted by Crippen LogP contribution is -2.30. The molecular formula is C14H17FN2OS. The minimum Gasteiger partial charge on any atom is -0.344 e. The Balaban J connectivity index is 2.35. The van der Waals surface area contributed by atoms with Crippen molar-refractivity contribution in [3.05, 3.63) is 30.1 Å². The van der Waals surface area contributed by atoms with Crippen molar-refractivity contribution in [2.45, 2.75) is 18.2 Å². The number of carbonyl (C=O) groups is 1. The van der Waals surface area contributed by atoms with Crippen LogP contribution >= 0.6 is 11.8 Å². The van der Waals surface area contributed by atoms with Gasteiger partial charge in [-0.05, 0) is 19.1 Å². The van der Waals surface area contributed by atoms with E-state index in [0.717, 1.165) is 0 Å². The summed E-state index contributed by atoms with van der Waals surface area (Å²) in [7, 11) is 1.68. The molecule has 0 fully saturated rings. The zero-order valence-corrected chi connectivity index (χ0v) is 11.9. The van der Waals surface area contributed by atoms with Crippen LogP contribution in [0.5, 0.6) is 0 Å². The molecule has 0 radical (unpaired) electrons. The Morgan fingerprint density at radius 2 is 2.21 bits per heavy atom. The predicted octanol–water partition coefficient (Wildman–Crippen LogP) is 2.93. The van der Waals surface area contributed by atoms with Crippen LogP contribution < -0.4 is 0 Å². The lowest BCUT2D eigenvalue weighted by atomic mass is 10.2. The van der Waals surface area contributed by atoms with Crippen LogP contribution in [0.4, 0.5) is 4.39 Å². The summed E-state index contributed by atoms with van der Waals surface area (Å²) in [4.78, 5) is 13.9. The topological polar surface area (TPSA) is 44.1 Å². The van der Waals surface area contributed by atoms with Gasteiger partial charge in [-0.3, -0.25) is 4.79 Å². The zero-order chi connectivity index (χ0) is 14.3. The molecule has 1 aromatic carbocycles. The molecule has 0 heterocycles. The summed E-state index contributed by atoms with van der Waals surface area (Å²) >= 11 is 1.33. The van der Waals surface area contributed by atoms with Gasteiger partial charge in [-0.25, -0.2) is 4.39 Å². The molecule has 0 bridgehead atoms. The van der Waals surface area contributed by atoms with Gasteiger partial charge in [-0.15, -0.1) is 11.8 Å². The summed E-state index contributed by atoms with van der Waals surface area (Å²) in [5.74, 6) is 0.0796. The summed E-state index contributed by atoms with van der Waals surface area (Å²) in [6.07, 6.45) is 0.341. The number of nitriles is 1. The van der Waals surface area contributed by atoms with Crippen molar-refractivity contribution in [2.24, 2.45) is 5.92 Å². The Hall–Kier alpha value is -1.54. The van der Waals surface area contributed by atoms with Gasteiger partial charge in [0.15, 0.2) is 0 Å². The molecule has 1 aromatic rings. The van der Waals surface area contributed by atoms with Crippen LogP contribution in [0.3, 0.4) is 0 Å². The van der Waals surface area contributed by atoms with Gasteiger partial charge in [0.2, 0.25) is 5.91 Å². The van der Waals surface area contributed by atoms with Crippen molar-refractivity contribution >= 4 is 17.7 Å². The van der Waals surface area contributed by atoms with E-state index in [-0.39, 0.29) is 17.6 Å². The van der Waals surface area contributed by atoms with Gasteiger partial charge in [0.25, 0.3) is 0 Å². The second-order valence-electron chi connectivity index (χ2n) is 4.33. The van der Waals surface area contributed by atoms with Gasteiger partial charge in [0.1, 0.15) is 5.82 Å². The second-order valence-corrected chi connectivity index (χ2v) is 5.47. The van der Waals surface area contributed by atoms with Crippen LogP contribution in [0.15, 0.2) is 29.2 Å². The third-order valence-electron chi connectivity index (χ3n) is 2.60. The average Bonchev–Trinajstić information content (AvgIpc) is 2.40. The molecule has 0 aromatic heterocycles. The third kappa shape index (κ3) is 5.31. The number of rotatable bonds is 6.